The largest absolute Gasteiger partial charge is 0.336 e. The number of aryl methyl sites for hydroxylation is 1. The molecule has 1 aromatic rings. The highest BCUT2D eigenvalue weighted by Crippen LogP contribution is 2.29. The zero-order valence-corrected chi connectivity index (χ0v) is 11.6. The average Bonchev–Trinajstić information content (AvgIpc) is 2.80. The fourth-order valence-electron chi connectivity index (χ4n) is 2.61. The van der Waals surface area contributed by atoms with Crippen LogP contribution in [-0.4, -0.2) is 22.9 Å². The molecule has 19 heavy (non-hydrogen) atoms. The molecule has 1 aliphatic rings. The first-order valence-corrected chi connectivity index (χ1v) is 6.77. The molecule has 1 atom stereocenters. The van der Waals surface area contributed by atoms with Gasteiger partial charge in [-0.25, -0.2) is 0 Å². The maximum absolute atomic E-state index is 12.0. The summed E-state index contributed by atoms with van der Waals surface area (Å²) >= 11 is 0. The quantitative estimate of drug-likeness (QED) is 0.831. The fraction of sp³-hybridized carbons (Fsp3) is 0.500. The number of hydrogen-bond donors (Lipinski definition) is 0. The van der Waals surface area contributed by atoms with Gasteiger partial charge in [-0.2, -0.15) is 5.26 Å². The first-order valence-electron chi connectivity index (χ1n) is 6.77. The predicted molar refractivity (Wildman–Crippen MR) is 74.3 cm³/mol. The van der Waals surface area contributed by atoms with E-state index in [-0.39, 0.29) is 17.4 Å². The maximum Gasteiger partial charge on any atom is 0.224 e. The summed E-state index contributed by atoms with van der Waals surface area (Å²) in [5.41, 5.74) is 1.11. The molecule has 0 bridgehead atoms. The van der Waals surface area contributed by atoms with E-state index in [0.29, 0.717) is 13.0 Å². The Balaban J connectivity index is 1.99. The van der Waals surface area contributed by atoms with Crippen molar-refractivity contribution in [3.63, 3.8) is 0 Å². The lowest BCUT2D eigenvalue weighted by atomic mass is 9.93. The standard InChI is InChI=1S/C16H20N2O/c1-16(2,9-8-13-6-4-3-5-7-13)18-12-14(11-17)10-15(18)19/h3-7,14H,8-10,12H2,1-2H3. The van der Waals surface area contributed by atoms with Gasteiger partial charge < -0.3 is 4.90 Å². The Labute approximate surface area is 114 Å². The summed E-state index contributed by atoms with van der Waals surface area (Å²) in [6.45, 7) is 4.76. The maximum atomic E-state index is 12.0. The number of benzene rings is 1. The van der Waals surface area contributed by atoms with Gasteiger partial charge in [-0.15, -0.1) is 0 Å². The molecule has 3 nitrogen and oxygen atoms in total. The van der Waals surface area contributed by atoms with Gasteiger partial charge in [0.05, 0.1) is 12.0 Å². The van der Waals surface area contributed by atoms with Gasteiger partial charge in [-0.05, 0) is 32.3 Å². The fourth-order valence-corrected chi connectivity index (χ4v) is 2.61. The summed E-state index contributed by atoms with van der Waals surface area (Å²) in [7, 11) is 0. The molecule has 0 N–H and O–H groups in total. The van der Waals surface area contributed by atoms with Crippen LogP contribution in [0.1, 0.15) is 32.3 Å². The van der Waals surface area contributed by atoms with Crippen molar-refractivity contribution in [1.82, 2.24) is 4.90 Å². The number of hydrogen-bond acceptors (Lipinski definition) is 2. The van der Waals surface area contributed by atoms with Crippen LogP contribution in [-0.2, 0) is 11.2 Å². The smallest absolute Gasteiger partial charge is 0.224 e. The Bertz CT molecular complexity index is 487. The molecule has 1 amide bonds. The lowest BCUT2D eigenvalue weighted by molar-refractivity contribution is -0.132. The van der Waals surface area contributed by atoms with Crippen LogP contribution in [0.15, 0.2) is 30.3 Å². The molecule has 100 valence electrons. The molecule has 1 heterocycles. The van der Waals surface area contributed by atoms with Crippen LogP contribution in [0.3, 0.4) is 0 Å². The summed E-state index contributed by atoms with van der Waals surface area (Å²) in [6, 6.07) is 12.5. The van der Waals surface area contributed by atoms with Crippen molar-refractivity contribution in [1.29, 1.82) is 5.26 Å². The van der Waals surface area contributed by atoms with E-state index in [1.165, 1.54) is 5.56 Å². The minimum absolute atomic E-state index is 0.115. The van der Waals surface area contributed by atoms with Gasteiger partial charge in [0.25, 0.3) is 0 Å². The molecule has 1 saturated heterocycles. The molecule has 0 aliphatic carbocycles. The molecule has 3 heteroatoms. The summed E-state index contributed by atoms with van der Waals surface area (Å²) in [5, 5.41) is 8.95. The van der Waals surface area contributed by atoms with E-state index in [2.05, 4.69) is 32.0 Å². The summed E-state index contributed by atoms with van der Waals surface area (Å²) in [5.74, 6) is -0.0203. The minimum Gasteiger partial charge on any atom is -0.336 e. The number of carbonyl (C=O) groups excluding carboxylic acids is 1. The third-order valence-electron chi connectivity index (χ3n) is 3.91. The van der Waals surface area contributed by atoms with Crippen molar-refractivity contribution < 1.29 is 4.79 Å². The number of nitrogens with zero attached hydrogens (tertiary/aromatic N) is 2. The van der Waals surface area contributed by atoms with Crippen molar-refractivity contribution in [2.45, 2.75) is 38.6 Å². The Morgan fingerprint density at radius 3 is 2.63 bits per heavy atom. The van der Waals surface area contributed by atoms with Crippen LogP contribution < -0.4 is 0 Å². The van der Waals surface area contributed by atoms with Gasteiger partial charge in [0.15, 0.2) is 0 Å². The van der Waals surface area contributed by atoms with Gasteiger partial charge in [-0.1, -0.05) is 30.3 Å². The lowest BCUT2D eigenvalue weighted by Crippen LogP contribution is -2.45. The van der Waals surface area contributed by atoms with E-state index < -0.39 is 0 Å². The van der Waals surface area contributed by atoms with Gasteiger partial charge in [0.2, 0.25) is 5.91 Å². The first kappa shape index (κ1) is 13.6. The molecule has 1 aromatic carbocycles. The third-order valence-corrected chi connectivity index (χ3v) is 3.91. The van der Waals surface area contributed by atoms with Crippen molar-refractivity contribution in [2.75, 3.05) is 6.54 Å². The average molecular weight is 256 g/mol. The third kappa shape index (κ3) is 3.14. The first-order chi connectivity index (χ1) is 9.03. The van der Waals surface area contributed by atoms with Crippen LogP contribution in [0.5, 0.6) is 0 Å². The minimum atomic E-state index is -0.182. The summed E-state index contributed by atoms with van der Waals surface area (Å²) in [4.78, 5) is 13.9. The Kier molecular flexibility index (Phi) is 3.90. The topological polar surface area (TPSA) is 44.1 Å². The SMILES string of the molecule is CC(C)(CCc1ccccc1)N1CC(C#N)CC1=O. The van der Waals surface area contributed by atoms with E-state index in [1.54, 1.807) is 0 Å². The molecule has 1 unspecified atom stereocenters. The molecular formula is C16H20N2O. The second-order valence-corrected chi connectivity index (χ2v) is 5.83. The monoisotopic (exact) mass is 256 g/mol. The van der Waals surface area contributed by atoms with Crippen LogP contribution in [0.25, 0.3) is 0 Å². The Hall–Kier alpha value is -1.82. The zero-order chi connectivity index (χ0) is 13.9. The van der Waals surface area contributed by atoms with Crippen molar-refractivity contribution in [3.05, 3.63) is 35.9 Å². The van der Waals surface area contributed by atoms with Crippen LogP contribution >= 0.6 is 0 Å². The molecular weight excluding hydrogens is 236 g/mol. The molecule has 0 spiro atoms. The molecule has 0 aromatic heterocycles. The Morgan fingerprint density at radius 1 is 1.37 bits per heavy atom. The van der Waals surface area contributed by atoms with E-state index in [9.17, 15) is 4.79 Å². The second-order valence-electron chi connectivity index (χ2n) is 5.83. The van der Waals surface area contributed by atoms with Gasteiger partial charge >= 0.3 is 0 Å². The molecule has 1 fully saturated rings. The number of rotatable bonds is 4. The number of amides is 1. The Morgan fingerprint density at radius 2 is 2.05 bits per heavy atom. The molecule has 0 radical (unpaired) electrons. The van der Waals surface area contributed by atoms with Crippen molar-refractivity contribution in [2.24, 2.45) is 5.92 Å². The second kappa shape index (κ2) is 5.44. The van der Waals surface area contributed by atoms with E-state index >= 15 is 0 Å². The van der Waals surface area contributed by atoms with Gasteiger partial charge in [-0.3, -0.25) is 4.79 Å². The van der Waals surface area contributed by atoms with Crippen molar-refractivity contribution in [3.8, 4) is 6.07 Å². The van der Waals surface area contributed by atoms with Crippen LogP contribution in [0.2, 0.25) is 0 Å². The number of likely N-dealkylation sites (tertiary alicyclic amines) is 1. The predicted octanol–water partition coefficient (Wildman–Crippen LogP) is 2.77. The van der Waals surface area contributed by atoms with E-state index in [1.807, 2.05) is 23.1 Å². The molecule has 0 saturated carbocycles. The van der Waals surface area contributed by atoms with E-state index in [0.717, 1.165) is 12.8 Å². The van der Waals surface area contributed by atoms with Crippen LogP contribution in [0, 0.1) is 17.2 Å². The van der Waals surface area contributed by atoms with Gasteiger partial charge in [0, 0.05) is 18.5 Å². The van der Waals surface area contributed by atoms with Gasteiger partial charge in [0.1, 0.15) is 0 Å². The van der Waals surface area contributed by atoms with Crippen LogP contribution in [0.4, 0.5) is 0 Å². The molecule has 2 rings (SSSR count). The highest BCUT2D eigenvalue weighted by molar-refractivity contribution is 5.80. The van der Waals surface area contributed by atoms with Crippen molar-refractivity contribution >= 4 is 5.91 Å². The number of carbonyl (C=O) groups is 1. The van der Waals surface area contributed by atoms with E-state index in [4.69, 9.17) is 5.26 Å². The summed E-state index contributed by atoms with van der Waals surface area (Å²) in [6.07, 6.45) is 2.25. The highest BCUT2D eigenvalue weighted by Gasteiger charge is 2.38. The summed E-state index contributed by atoms with van der Waals surface area (Å²) < 4.78 is 0. The number of nitriles is 1. The highest BCUT2D eigenvalue weighted by atomic mass is 16.2. The normalized spacial score (nSPS) is 19.5. The molecule has 1 aliphatic heterocycles. The zero-order valence-electron chi connectivity index (χ0n) is 11.6. The lowest BCUT2D eigenvalue weighted by Gasteiger charge is -2.36.